The number of rotatable bonds is 3. The Balaban J connectivity index is 2.30. The van der Waals surface area contributed by atoms with Crippen molar-refractivity contribution in [1.82, 2.24) is 5.32 Å². The summed E-state index contributed by atoms with van der Waals surface area (Å²) < 4.78 is 0. The van der Waals surface area contributed by atoms with Crippen LogP contribution in [0.5, 0.6) is 0 Å². The predicted molar refractivity (Wildman–Crippen MR) is 54.3 cm³/mol. The maximum absolute atomic E-state index is 3.57. The van der Waals surface area contributed by atoms with E-state index >= 15 is 0 Å². The van der Waals surface area contributed by atoms with Gasteiger partial charge in [-0.2, -0.15) is 0 Å². The van der Waals surface area contributed by atoms with Crippen molar-refractivity contribution < 1.29 is 0 Å². The summed E-state index contributed by atoms with van der Waals surface area (Å²) in [4.78, 5) is 0. The Bertz CT molecular complexity index is 118. The fourth-order valence-electron chi connectivity index (χ4n) is 2.31. The summed E-state index contributed by atoms with van der Waals surface area (Å²) in [6.07, 6.45) is 5.70. The summed E-state index contributed by atoms with van der Waals surface area (Å²) in [5, 5.41) is 3.57. The fraction of sp³-hybridized carbons (Fsp3) is 1.00. The maximum atomic E-state index is 3.57. The molecule has 1 heteroatoms. The van der Waals surface area contributed by atoms with Gasteiger partial charge in [-0.25, -0.2) is 0 Å². The molecular formula is C11H23N. The van der Waals surface area contributed by atoms with Crippen molar-refractivity contribution in [3.05, 3.63) is 0 Å². The first kappa shape index (κ1) is 10.0. The highest BCUT2D eigenvalue weighted by Crippen LogP contribution is 2.29. The Morgan fingerprint density at radius 3 is 2.67 bits per heavy atom. The molecule has 0 amide bonds. The molecule has 1 saturated carbocycles. The molecule has 2 atom stereocenters. The van der Waals surface area contributed by atoms with Gasteiger partial charge in [0.05, 0.1) is 0 Å². The first-order valence-electron chi connectivity index (χ1n) is 5.47. The van der Waals surface area contributed by atoms with Crippen LogP contribution in [0.4, 0.5) is 0 Å². The second kappa shape index (κ2) is 4.86. The fourth-order valence-corrected chi connectivity index (χ4v) is 2.31. The molecule has 1 rings (SSSR count). The molecule has 1 aliphatic carbocycles. The molecule has 0 radical (unpaired) electrons. The molecule has 0 bridgehead atoms. The molecule has 0 aliphatic heterocycles. The molecule has 72 valence electrons. The summed E-state index contributed by atoms with van der Waals surface area (Å²) in [5.41, 5.74) is 0. The lowest BCUT2D eigenvalue weighted by atomic mass is 9.79. The zero-order chi connectivity index (χ0) is 8.97. The van der Waals surface area contributed by atoms with Gasteiger partial charge in [0.2, 0.25) is 0 Å². The van der Waals surface area contributed by atoms with E-state index in [1.807, 2.05) is 0 Å². The summed E-state index contributed by atoms with van der Waals surface area (Å²) in [7, 11) is 0. The second-order valence-corrected chi connectivity index (χ2v) is 4.43. The van der Waals surface area contributed by atoms with Gasteiger partial charge in [0.15, 0.2) is 0 Å². The molecule has 1 nitrogen and oxygen atoms in total. The topological polar surface area (TPSA) is 12.0 Å². The van der Waals surface area contributed by atoms with E-state index in [1.54, 1.807) is 0 Å². The average molecular weight is 169 g/mol. The van der Waals surface area contributed by atoms with E-state index in [1.165, 1.54) is 25.7 Å². The smallest absolute Gasteiger partial charge is 0.00696 e. The average Bonchev–Trinajstić information content (AvgIpc) is 2.05. The SMILES string of the molecule is CCN[C@H]1CCC[C@H](C(C)C)C1. The van der Waals surface area contributed by atoms with Crippen LogP contribution < -0.4 is 5.32 Å². The van der Waals surface area contributed by atoms with Crippen molar-refractivity contribution in [1.29, 1.82) is 0 Å². The molecule has 0 aromatic rings. The van der Waals surface area contributed by atoms with Gasteiger partial charge < -0.3 is 5.32 Å². The molecule has 1 aliphatic rings. The van der Waals surface area contributed by atoms with Crippen LogP contribution in [-0.4, -0.2) is 12.6 Å². The van der Waals surface area contributed by atoms with Crippen molar-refractivity contribution in [2.45, 2.75) is 52.5 Å². The van der Waals surface area contributed by atoms with Gasteiger partial charge in [0, 0.05) is 6.04 Å². The Morgan fingerprint density at radius 2 is 2.08 bits per heavy atom. The normalized spacial score (nSPS) is 31.0. The monoisotopic (exact) mass is 169 g/mol. The largest absolute Gasteiger partial charge is 0.314 e. The van der Waals surface area contributed by atoms with Gasteiger partial charge in [-0.05, 0) is 31.2 Å². The second-order valence-electron chi connectivity index (χ2n) is 4.43. The molecule has 1 N–H and O–H groups in total. The molecule has 0 spiro atoms. The highest BCUT2D eigenvalue weighted by molar-refractivity contribution is 4.78. The zero-order valence-corrected chi connectivity index (χ0v) is 8.77. The van der Waals surface area contributed by atoms with Crippen LogP contribution >= 0.6 is 0 Å². The van der Waals surface area contributed by atoms with Gasteiger partial charge in [0.25, 0.3) is 0 Å². The minimum absolute atomic E-state index is 0.816. The highest BCUT2D eigenvalue weighted by Gasteiger charge is 2.22. The van der Waals surface area contributed by atoms with E-state index in [0.29, 0.717) is 0 Å². The molecule has 0 heterocycles. The molecule has 0 aromatic carbocycles. The lowest BCUT2D eigenvalue weighted by Gasteiger charge is -2.31. The van der Waals surface area contributed by atoms with Crippen LogP contribution in [0.1, 0.15) is 46.5 Å². The van der Waals surface area contributed by atoms with Gasteiger partial charge in [-0.15, -0.1) is 0 Å². The van der Waals surface area contributed by atoms with Crippen LogP contribution in [-0.2, 0) is 0 Å². The molecule has 0 unspecified atom stereocenters. The first-order chi connectivity index (χ1) is 5.74. The van der Waals surface area contributed by atoms with Gasteiger partial charge in [-0.1, -0.05) is 33.6 Å². The highest BCUT2D eigenvalue weighted by atomic mass is 14.9. The van der Waals surface area contributed by atoms with E-state index in [4.69, 9.17) is 0 Å². The van der Waals surface area contributed by atoms with E-state index in [-0.39, 0.29) is 0 Å². The zero-order valence-electron chi connectivity index (χ0n) is 8.77. The van der Waals surface area contributed by atoms with E-state index in [9.17, 15) is 0 Å². The Kier molecular flexibility index (Phi) is 4.07. The van der Waals surface area contributed by atoms with Crippen LogP contribution in [0.25, 0.3) is 0 Å². The third kappa shape index (κ3) is 2.78. The first-order valence-corrected chi connectivity index (χ1v) is 5.47. The van der Waals surface area contributed by atoms with Crippen molar-refractivity contribution in [3.8, 4) is 0 Å². The Labute approximate surface area is 76.9 Å². The number of nitrogens with one attached hydrogen (secondary N) is 1. The molecule has 12 heavy (non-hydrogen) atoms. The van der Waals surface area contributed by atoms with Gasteiger partial charge in [-0.3, -0.25) is 0 Å². The van der Waals surface area contributed by atoms with Crippen LogP contribution in [0.2, 0.25) is 0 Å². The van der Waals surface area contributed by atoms with Crippen LogP contribution in [0, 0.1) is 11.8 Å². The molecule has 0 saturated heterocycles. The van der Waals surface area contributed by atoms with E-state index in [2.05, 4.69) is 26.1 Å². The Morgan fingerprint density at radius 1 is 1.33 bits per heavy atom. The summed E-state index contributed by atoms with van der Waals surface area (Å²) >= 11 is 0. The van der Waals surface area contributed by atoms with Crippen molar-refractivity contribution in [2.75, 3.05) is 6.54 Å². The van der Waals surface area contributed by atoms with Gasteiger partial charge in [0.1, 0.15) is 0 Å². The molecule has 0 aromatic heterocycles. The molecular weight excluding hydrogens is 146 g/mol. The lowest BCUT2D eigenvalue weighted by molar-refractivity contribution is 0.233. The maximum Gasteiger partial charge on any atom is 0.00696 e. The van der Waals surface area contributed by atoms with Crippen LogP contribution in [0.3, 0.4) is 0 Å². The quantitative estimate of drug-likeness (QED) is 0.685. The van der Waals surface area contributed by atoms with Crippen molar-refractivity contribution in [2.24, 2.45) is 11.8 Å². The third-order valence-electron chi connectivity index (χ3n) is 3.15. The summed E-state index contributed by atoms with van der Waals surface area (Å²) in [6.45, 7) is 8.06. The van der Waals surface area contributed by atoms with E-state index in [0.717, 1.165) is 24.4 Å². The van der Waals surface area contributed by atoms with Crippen LogP contribution in [0.15, 0.2) is 0 Å². The summed E-state index contributed by atoms with van der Waals surface area (Å²) in [5.74, 6) is 1.86. The lowest BCUT2D eigenvalue weighted by Crippen LogP contribution is -2.35. The Hall–Kier alpha value is -0.0400. The predicted octanol–water partition coefficient (Wildman–Crippen LogP) is 2.81. The third-order valence-corrected chi connectivity index (χ3v) is 3.15. The summed E-state index contributed by atoms with van der Waals surface area (Å²) in [6, 6.07) is 0.816. The molecule has 1 fully saturated rings. The van der Waals surface area contributed by atoms with E-state index < -0.39 is 0 Å². The minimum Gasteiger partial charge on any atom is -0.314 e. The van der Waals surface area contributed by atoms with Crippen molar-refractivity contribution in [3.63, 3.8) is 0 Å². The van der Waals surface area contributed by atoms with Crippen molar-refractivity contribution >= 4 is 0 Å². The van der Waals surface area contributed by atoms with Gasteiger partial charge >= 0.3 is 0 Å². The number of hydrogen-bond donors (Lipinski definition) is 1. The number of hydrogen-bond acceptors (Lipinski definition) is 1. The standard InChI is InChI=1S/C11H23N/c1-4-12-11-7-5-6-10(8-11)9(2)3/h9-12H,4-8H2,1-3H3/t10-,11-/m0/s1. The minimum atomic E-state index is 0.816.